The van der Waals surface area contributed by atoms with Gasteiger partial charge in [-0.2, -0.15) is 0 Å². The van der Waals surface area contributed by atoms with Gasteiger partial charge >= 0.3 is 0 Å². The number of ether oxygens (including phenoxy) is 3. The van der Waals surface area contributed by atoms with Crippen LogP contribution < -0.4 is 9.64 Å². The van der Waals surface area contributed by atoms with Crippen LogP contribution in [0.2, 0.25) is 0 Å². The predicted molar refractivity (Wildman–Crippen MR) is 200 cm³/mol. The maximum absolute atomic E-state index is 16.7. The van der Waals surface area contributed by atoms with Crippen molar-refractivity contribution >= 4 is 44.7 Å². The summed E-state index contributed by atoms with van der Waals surface area (Å²) < 4.78 is 44.7. The number of anilines is 1. The van der Waals surface area contributed by atoms with E-state index in [-0.39, 0.29) is 61.1 Å². The molecule has 4 aliphatic heterocycles. The molecule has 2 fully saturated rings. The van der Waals surface area contributed by atoms with E-state index in [4.69, 9.17) is 28.6 Å². The molecule has 7 heterocycles. The number of hydrogen-bond acceptors (Lipinski definition) is 8. The summed E-state index contributed by atoms with van der Waals surface area (Å²) in [5.74, 6) is 1.62. The normalized spacial score (nSPS) is 26.8. The van der Waals surface area contributed by atoms with Gasteiger partial charge in [0.25, 0.3) is 0 Å². The number of benzene rings is 2. The molecule has 4 aliphatic rings. The fourth-order valence-electron chi connectivity index (χ4n) is 7.99. The number of para-hydroxylation sites is 2. The number of alkyl halides is 1. The van der Waals surface area contributed by atoms with Gasteiger partial charge in [0.1, 0.15) is 17.2 Å². The van der Waals surface area contributed by atoms with Crippen molar-refractivity contribution in [1.29, 1.82) is 0 Å². The third kappa shape index (κ3) is 6.65. The standard InChI is InChI=1S/C41H48FN5O5/c1-26-22-45-18-17-31(26)47-32-14-8-6-12-27(32)20-35(47)51-29-21-28(24-50-40(2,3)4)46(23-29)38-37-36(30-13-7-9-15-33(30)52-37)43-39(44-38)41(5,42)25-49-19-11-10-16-34(45)48/h6-15,20,26,28-29,31H,16-19,21-25H2,1-5H3/b11-10+/t26-,28-,29-,31-,41?/m0/s1. The number of furan rings is 1. The number of carbonyl (C=O) groups excluding carboxylic acids is 1. The summed E-state index contributed by atoms with van der Waals surface area (Å²) in [6.07, 6.45) is 5.10. The molecule has 274 valence electrons. The SMILES string of the molecule is C[C@H]1CN2CC[C@@H]1n1c(cc3ccccc31)O[C@H]1C[C@@H](COC(C)(C)C)N(C1)c1nc(nc3c1oc1ccccc13)C(C)(F)COC/C=C/CC2=O. The lowest BCUT2D eigenvalue weighted by atomic mass is 9.93. The zero-order valence-corrected chi connectivity index (χ0v) is 30.7. The molecule has 0 aliphatic carbocycles. The van der Waals surface area contributed by atoms with E-state index in [1.807, 2.05) is 56.0 Å². The number of nitrogens with zero attached hydrogens (tertiary/aromatic N) is 5. The van der Waals surface area contributed by atoms with E-state index in [2.05, 4.69) is 46.7 Å². The number of amides is 1. The summed E-state index contributed by atoms with van der Waals surface area (Å²) in [7, 11) is 0. The van der Waals surface area contributed by atoms with Crippen LogP contribution in [0.5, 0.6) is 5.88 Å². The van der Waals surface area contributed by atoms with Gasteiger partial charge in [-0.25, -0.2) is 14.4 Å². The topological polar surface area (TPSA) is 95.1 Å². The molecule has 11 heteroatoms. The van der Waals surface area contributed by atoms with Gasteiger partial charge in [0, 0.05) is 48.8 Å². The first-order valence-corrected chi connectivity index (χ1v) is 18.5. The van der Waals surface area contributed by atoms with Gasteiger partial charge in [-0.05, 0) is 58.2 Å². The summed E-state index contributed by atoms with van der Waals surface area (Å²) >= 11 is 0. The molecule has 2 saturated heterocycles. The van der Waals surface area contributed by atoms with E-state index in [0.29, 0.717) is 55.2 Å². The van der Waals surface area contributed by atoms with Crippen LogP contribution in [0.25, 0.3) is 33.0 Å². The highest BCUT2D eigenvalue weighted by Crippen LogP contribution is 2.41. The van der Waals surface area contributed by atoms with E-state index in [1.54, 1.807) is 6.08 Å². The lowest BCUT2D eigenvalue weighted by molar-refractivity contribution is -0.132. The molecule has 52 heavy (non-hydrogen) atoms. The molecule has 1 amide bonds. The molecular weight excluding hydrogens is 661 g/mol. The lowest BCUT2D eigenvalue weighted by Crippen LogP contribution is -2.43. The second kappa shape index (κ2) is 13.5. The maximum Gasteiger partial charge on any atom is 0.226 e. The van der Waals surface area contributed by atoms with Crippen LogP contribution in [0, 0.1) is 5.92 Å². The van der Waals surface area contributed by atoms with Crippen molar-refractivity contribution in [3.8, 4) is 5.88 Å². The van der Waals surface area contributed by atoms with Gasteiger partial charge in [0.05, 0.1) is 43.5 Å². The van der Waals surface area contributed by atoms with Crippen LogP contribution in [-0.4, -0.2) is 82.5 Å². The Morgan fingerprint density at radius 2 is 1.87 bits per heavy atom. The number of carbonyl (C=O) groups is 1. The predicted octanol–water partition coefficient (Wildman–Crippen LogP) is 7.74. The fraction of sp³-hybridized carbons (Fsp3) is 0.488. The zero-order valence-electron chi connectivity index (χ0n) is 30.7. The molecule has 10 nitrogen and oxygen atoms in total. The zero-order chi connectivity index (χ0) is 36.2. The van der Waals surface area contributed by atoms with E-state index >= 15 is 4.39 Å². The Hall–Kier alpha value is -4.48. The van der Waals surface area contributed by atoms with Crippen LogP contribution in [0.4, 0.5) is 10.2 Å². The Balaban J connectivity index is 1.25. The minimum Gasteiger partial charge on any atom is -0.474 e. The van der Waals surface area contributed by atoms with E-state index in [1.165, 1.54) is 6.92 Å². The highest BCUT2D eigenvalue weighted by atomic mass is 19.1. The second-order valence-corrected chi connectivity index (χ2v) is 15.8. The van der Waals surface area contributed by atoms with Gasteiger partial charge in [-0.3, -0.25) is 4.79 Å². The molecule has 0 radical (unpaired) electrons. The average molecular weight is 710 g/mol. The molecule has 9 rings (SSSR count). The van der Waals surface area contributed by atoms with Crippen molar-refractivity contribution in [3.63, 3.8) is 0 Å². The quantitative estimate of drug-likeness (QED) is 0.172. The van der Waals surface area contributed by atoms with Crippen LogP contribution in [-0.2, 0) is 19.9 Å². The largest absolute Gasteiger partial charge is 0.474 e. The van der Waals surface area contributed by atoms with Gasteiger partial charge in [-0.15, -0.1) is 0 Å². The van der Waals surface area contributed by atoms with Crippen molar-refractivity contribution < 1.29 is 27.8 Å². The minimum atomic E-state index is -2.02. The van der Waals surface area contributed by atoms with Gasteiger partial charge in [-0.1, -0.05) is 49.4 Å². The third-order valence-corrected chi connectivity index (χ3v) is 10.6. The maximum atomic E-state index is 16.7. The van der Waals surface area contributed by atoms with Crippen molar-refractivity contribution in [3.05, 3.63) is 72.6 Å². The Labute approximate surface area is 303 Å². The Kier molecular flexibility index (Phi) is 8.98. The van der Waals surface area contributed by atoms with Gasteiger partial charge in [0.15, 0.2) is 28.8 Å². The van der Waals surface area contributed by atoms with Crippen LogP contribution in [0.3, 0.4) is 0 Å². The summed E-state index contributed by atoms with van der Waals surface area (Å²) in [6, 6.07) is 18.2. The molecular formula is C41H48FN5O5. The Bertz CT molecular complexity index is 2130. The Morgan fingerprint density at radius 3 is 2.69 bits per heavy atom. The first kappa shape index (κ1) is 34.6. The number of halogens is 1. The number of piperidine rings is 1. The van der Waals surface area contributed by atoms with Gasteiger partial charge < -0.3 is 33.0 Å². The smallest absolute Gasteiger partial charge is 0.226 e. The summed E-state index contributed by atoms with van der Waals surface area (Å²) in [5.41, 5.74) is 0.436. The van der Waals surface area contributed by atoms with Crippen LogP contribution >= 0.6 is 0 Å². The molecule has 5 atom stereocenters. The highest BCUT2D eigenvalue weighted by molar-refractivity contribution is 6.05. The number of fused-ring (bicyclic) bond motifs is 12. The number of hydrogen-bond donors (Lipinski definition) is 0. The van der Waals surface area contributed by atoms with Crippen molar-refractivity contribution in [2.75, 3.05) is 44.4 Å². The first-order valence-electron chi connectivity index (χ1n) is 18.5. The molecule has 5 aromatic rings. The van der Waals surface area contributed by atoms with Crippen molar-refractivity contribution in [2.45, 2.75) is 83.3 Å². The van der Waals surface area contributed by atoms with E-state index < -0.39 is 5.67 Å². The lowest BCUT2D eigenvalue weighted by Gasteiger charge is -2.38. The molecule has 0 N–H and O–H groups in total. The minimum absolute atomic E-state index is 0.0185. The fourth-order valence-corrected chi connectivity index (χ4v) is 7.99. The molecule has 3 aromatic heterocycles. The molecule has 0 spiro atoms. The summed E-state index contributed by atoms with van der Waals surface area (Å²) in [4.78, 5) is 27.1. The molecule has 1 unspecified atom stereocenters. The van der Waals surface area contributed by atoms with E-state index in [9.17, 15) is 4.79 Å². The number of rotatable bonds is 2. The van der Waals surface area contributed by atoms with Crippen LogP contribution in [0.15, 0.2) is 71.2 Å². The van der Waals surface area contributed by atoms with Crippen molar-refractivity contribution in [1.82, 2.24) is 19.4 Å². The first-order chi connectivity index (χ1) is 24.9. The molecule has 6 bridgehead atoms. The molecule has 0 saturated carbocycles. The number of aromatic nitrogens is 3. The monoisotopic (exact) mass is 709 g/mol. The van der Waals surface area contributed by atoms with Crippen molar-refractivity contribution in [2.24, 2.45) is 5.92 Å². The Morgan fingerprint density at radius 1 is 1.06 bits per heavy atom. The second-order valence-electron chi connectivity index (χ2n) is 15.8. The molecule has 2 aromatic carbocycles. The highest BCUT2D eigenvalue weighted by Gasteiger charge is 2.41. The summed E-state index contributed by atoms with van der Waals surface area (Å²) in [5, 5.41) is 1.90. The van der Waals surface area contributed by atoms with Crippen LogP contribution in [0.1, 0.15) is 65.7 Å². The third-order valence-electron chi connectivity index (χ3n) is 10.6. The van der Waals surface area contributed by atoms with Gasteiger partial charge in [0.2, 0.25) is 5.91 Å². The van der Waals surface area contributed by atoms with E-state index in [0.717, 1.165) is 28.6 Å². The summed E-state index contributed by atoms with van der Waals surface area (Å²) in [6.45, 7) is 11.9. The average Bonchev–Trinajstić information content (AvgIpc) is 3.80.